The molecule has 1 fully saturated rings. The second kappa shape index (κ2) is 6.50. The topological polar surface area (TPSA) is 81.7 Å². The van der Waals surface area contributed by atoms with Gasteiger partial charge >= 0.3 is 18.2 Å². The number of hydrogen-bond acceptors (Lipinski definition) is 3. The standard InChI is InChI=1S/C12H20F3N3O3/c1-8(18-5-3-4-6-18)7-16-10(21)17-11(2,9(19)20)12(13,14)15/h8H,3-7H2,1-2H3,(H,19,20)(H2,16,17,21). The Labute approximate surface area is 120 Å². The molecule has 1 heterocycles. The first-order valence-corrected chi connectivity index (χ1v) is 6.68. The number of rotatable bonds is 5. The summed E-state index contributed by atoms with van der Waals surface area (Å²) in [4.78, 5) is 24.4. The molecule has 0 aromatic carbocycles. The molecule has 0 saturated carbocycles. The lowest BCUT2D eigenvalue weighted by Gasteiger charge is -2.29. The van der Waals surface area contributed by atoms with Crippen molar-refractivity contribution in [2.45, 2.75) is 44.4 Å². The van der Waals surface area contributed by atoms with Gasteiger partial charge in [-0.3, -0.25) is 4.90 Å². The van der Waals surface area contributed by atoms with E-state index in [4.69, 9.17) is 5.11 Å². The van der Waals surface area contributed by atoms with Gasteiger partial charge in [0.2, 0.25) is 5.54 Å². The highest BCUT2D eigenvalue weighted by atomic mass is 19.4. The van der Waals surface area contributed by atoms with Gasteiger partial charge < -0.3 is 15.7 Å². The summed E-state index contributed by atoms with van der Waals surface area (Å²) in [6.07, 6.45) is -2.97. The van der Waals surface area contributed by atoms with Crippen molar-refractivity contribution in [1.29, 1.82) is 0 Å². The van der Waals surface area contributed by atoms with Crippen LogP contribution in [-0.2, 0) is 4.79 Å². The van der Waals surface area contributed by atoms with Crippen LogP contribution in [0.5, 0.6) is 0 Å². The van der Waals surface area contributed by atoms with Crippen molar-refractivity contribution in [3.05, 3.63) is 0 Å². The Bertz CT molecular complexity index is 397. The van der Waals surface area contributed by atoms with Gasteiger partial charge in [-0.15, -0.1) is 0 Å². The van der Waals surface area contributed by atoms with Crippen molar-refractivity contribution >= 4 is 12.0 Å². The van der Waals surface area contributed by atoms with E-state index in [-0.39, 0.29) is 12.6 Å². The molecule has 122 valence electrons. The molecule has 6 nitrogen and oxygen atoms in total. The normalized spacial score (nSPS) is 20.6. The SMILES string of the molecule is CC(CNC(=O)NC(C)(C(=O)O)C(F)(F)F)N1CCCC1. The maximum Gasteiger partial charge on any atom is 0.422 e. The average molecular weight is 311 g/mol. The molecular formula is C12H20F3N3O3. The van der Waals surface area contributed by atoms with E-state index in [0.717, 1.165) is 25.9 Å². The second-order valence-electron chi connectivity index (χ2n) is 5.36. The van der Waals surface area contributed by atoms with Crippen molar-refractivity contribution in [1.82, 2.24) is 15.5 Å². The zero-order valence-corrected chi connectivity index (χ0v) is 12.0. The summed E-state index contributed by atoms with van der Waals surface area (Å²) >= 11 is 0. The van der Waals surface area contributed by atoms with Crippen LogP contribution in [0.3, 0.4) is 0 Å². The summed E-state index contributed by atoms with van der Waals surface area (Å²) in [6.45, 7) is 4.20. The lowest BCUT2D eigenvalue weighted by molar-refractivity contribution is -0.203. The molecule has 9 heteroatoms. The van der Waals surface area contributed by atoms with Gasteiger partial charge in [-0.2, -0.15) is 13.2 Å². The highest BCUT2D eigenvalue weighted by Gasteiger charge is 2.58. The van der Waals surface area contributed by atoms with Crippen LogP contribution in [0.4, 0.5) is 18.0 Å². The van der Waals surface area contributed by atoms with Gasteiger partial charge in [0.05, 0.1) is 0 Å². The van der Waals surface area contributed by atoms with E-state index in [9.17, 15) is 22.8 Å². The van der Waals surface area contributed by atoms with Gasteiger partial charge in [-0.1, -0.05) is 0 Å². The number of carbonyl (C=O) groups excluding carboxylic acids is 1. The largest absolute Gasteiger partial charge is 0.479 e. The maximum absolute atomic E-state index is 12.7. The highest BCUT2D eigenvalue weighted by molar-refractivity contribution is 5.86. The first kappa shape index (κ1) is 17.5. The molecule has 1 saturated heterocycles. The Morgan fingerprint density at radius 3 is 2.24 bits per heavy atom. The quantitative estimate of drug-likeness (QED) is 0.712. The van der Waals surface area contributed by atoms with Crippen molar-refractivity contribution in [2.75, 3.05) is 19.6 Å². The molecule has 0 bridgehead atoms. The Balaban J connectivity index is 2.53. The van der Waals surface area contributed by atoms with Crippen LogP contribution >= 0.6 is 0 Å². The van der Waals surface area contributed by atoms with E-state index in [1.54, 1.807) is 0 Å². The number of carbonyl (C=O) groups is 2. The zero-order chi connectivity index (χ0) is 16.3. The monoisotopic (exact) mass is 311 g/mol. The molecule has 1 aliphatic heterocycles. The Morgan fingerprint density at radius 1 is 1.29 bits per heavy atom. The van der Waals surface area contributed by atoms with E-state index >= 15 is 0 Å². The number of nitrogens with zero attached hydrogens (tertiary/aromatic N) is 1. The van der Waals surface area contributed by atoms with Crippen LogP contribution in [0.2, 0.25) is 0 Å². The molecular weight excluding hydrogens is 291 g/mol. The molecule has 21 heavy (non-hydrogen) atoms. The molecule has 0 spiro atoms. The van der Waals surface area contributed by atoms with Gasteiger partial charge in [0.1, 0.15) is 0 Å². The van der Waals surface area contributed by atoms with Crippen molar-refractivity contribution in [3.8, 4) is 0 Å². The van der Waals surface area contributed by atoms with Crippen LogP contribution in [0.1, 0.15) is 26.7 Å². The van der Waals surface area contributed by atoms with E-state index in [1.165, 1.54) is 5.32 Å². The maximum atomic E-state index is 12.7. The molecule has 2 amide bonds. The summed E-state index contributed by atoms with van der Waals surface area (Å²) in [7, 11) is 0. The predicted octanol–water partition coefficient (Wildman–Crippen LogP) is 1.18. The van der Waals surface area contributed by atoms with E-state index in [2.05, 4.69) is 10.2 Å². The van der Waals surface area contributed by atoms with Crippen LogP contribution in [0.15, 0.2) is 0 Å². The first-order valence-electron chi connectivity index (χ1n) is 6.68. The number of aliphatic carboxylic acids is 1. The third-order valence-corrected chi connectivity index (χ3v) is 3.68. The molecule has 2 unspecified atom stereocenters. The van der Waals surface area contributed by atoms with Crippen LogP contribution in [0.25, 0.3) is 0 Å². The minimum absolute atomic E-state index is 0.0137. The zero-order valence-electron chi connectivity index (χ0n) is 12.0. The molecule has 2 atom stereocenters. The van der Waals surface area contributed by atoms with Gasteiger partial charge in [0.15, 0.2) is 0 Å². The minimum Gasteiger partial charge on any atom is -0.479 e. The number of nitrogens with one attached hydrogen (secondary N) is 2. The summed E-state index contributed by atoms with van der Waals surface area (Å²) in [5.74, 6) is -2.15. The molecule has 1 aliphatic rings. The fourth-order valence-electron chi connectivity index (χ4n) is 2.07. The molecule has 1 rings (SSSR count). The number of halogens is 3. The van der Waals surface area contributed by atoms with Gasteiger partial charge in [0.25, 0.3) is 0 Å². The Kier molecular flexibility index (Phi) is 5.43. The Morgan fingerprint density at radius 2 is 1.81 bits per heavy atom. The van der Waals surface area contributed by atoms with Crippen LogP contribution in [0, 0.1) is 0 Å². The second-order valence-corrected chi connectivity index (χ2v) is 5.36. The highest BCUT2D eigenvalue weighted by Crippen LogP contribution is 2.30. The van der Waals surface area contributed by atoms with Crippen molar-refractivity contribution < 1.29 is 27.9 Å². The lowest BCUT2D eigenvalue weighted by atomic mass is 10.0. The van der Waals surface area contributed by atoms with Gasteiger partial charge in [-0.25, -0.2) is 9.59 Å². The number of amides is 2. The number of carboxylic acid groups (broad SMARTS) is 1. The number of likely N-dealkylation sites (tertiary alicyclic amines) is 1. The predicted molar refractivity (Wildman–Crippen MR) is 68.9 cm³/mol. The summed E-state index contributed by atoms with van der Waals surface area (Å²) < 4.78 is 38.2. The molecule has 0 aromatic heterocycles. The fourth-order valence-corrected chi connectivity index (χ4v) is 2.07. The fraction of sp³-hybridized carbons (Fsp3) is 0.833. The number of hydrogen-bond donors (Lipinski definition) is 3. The molecule has 0 aliphatic carbocycles. The average Bonchev–Trinajstić information content (AvgIpc) is 2.88. The van der Waals surface area contributed by atoms with Crippen molar-refractivity contribution in [2.24, 2.45) is 0 Å². The minimum atomic E-state index is -5.09. The van der Waals surface area contributed by atoms with Crippen LogP contribution < -0.4 is 10.6 Å². The first-order chi connectivity index (χ1) is 9.58. The third-order valence-electron chi connectivity index (χ3n) is 3.68. The van der Waals surface area contributed by atoms with Crippen LogP contribution in [-0.4, -0.2) is 59.4 Å². The smallest absolute Gasteiger partial charge is 0.422 e. The third kappa shape index (κ3) is 4.23. The Hall–Kier alpha value is -1.51. The summed E-state index contributed by atoms with van der Waals surface area (Å²) in [6, 6.07) is -1.16. The number of alkyl halides is 3. The van der Waals surface area contributed by atoms with Gasteiger partial charge in [-0.05, 0) is 39.8 Å². The summed E-state index contributed by atoms with van der Waals surface area (Å²) in [5.41, 5.74) is -3.31. The van der Waals surface area contributed by atoms with Gasteiger partial charge in [0, 0.05) is 12.6 Å². The van der Waals surface area contributed by atoms with E-state index in [1.807, 2.05) is 6.92 Å². The number of urea groups is 1. The molecule has 0 radical (unpaired) electrons. The summed E-state index contributed by atoms with van der Waals surface area (Å²) in [5, 5.41) is 12.5. The van der Waals surface area contributed by atoms with E-state index < -0.39 is 23.7 Å². The van der Waals surface area contributed by atoms with E-state index in [0.29, 0.717) is 6.92 Å². The molecule has 3 N–H and O–H groups in total. The lowest BCUT2D eigenvalue weighted by Crippen LogP contribution is -2.64. The number of carboxylic acids is 1. The molecule has 0 aromatic rings. The van der Waals surface area contributed by atoms with Crippen molar-refractivity contribution in [3.63, 3.8) is 0 Å².